The van der Waals surface area contributed by atoms with Crippen LogP contribution in [0.25, 0.3) is 0 Å². The van der Waals surface area contributed by atoms with Gasteiger partial charge in [0.05, 0.1) is 6.61 Å². The largest absolute Gasteiger partial charge is 0.493 e. The van der Waals surface area contributed by atoms with Crippen LogP contribution >= 0.6 is 0 Å². The Hall–Kier alpha value is -1.22. The molecule has 104 valence electrons. The van der Waals surface area contributed by atoms with Gasteiger partial charge in [-0.25, -0.2) is 0 Å². The molecule has 1 aromatic rings. The van der Waals surface area contributed by atoms with Crippen LogP contribution in [0.3, 0.4) is 0 Å². The molecule has 1 aliphatic carbocycles. The molecule has 0 atom stereocenters. The predicted octanol–water partition coefficient (Wildman–Crippen LogP) is 3.34. The number of hydrogen-bond donors (Lipinski definition) is 1. The lowest BCUT2D eigenvalue weighted by Gasteiger charge is -2.26. The van der Waals surface area contributed by atoms with Crippen molar-refractivity contribution < 1.29 is 9.47 Å². The molecule has 1 saturated carbocycles. The van der Waals surface area contributed by atoms with E-state index in [9.17, 15) is 0 Å². The normalized spacial score (nSPS) is 21.1. The maximum Gasteiger partial charge on any atom is 0.121 e. The maximum atomic E-state index is 6.18. The van der Waals surface area contributed by atoms with Crippen LogP contribution in [-0.4, -0.2) is 19.8 Å². The van der Waals surface area contributed by atoms with Crippen LogP contribution in [0.1, 0.15) is 43.6 Å². The van der Waals surface area contributed by atoms with E-state index in [2.05, 4.69) is 12.1 Å². The molecule has 1 saturated heterocycles. The number of nitrogens with two attached hydrogens (primary N) is 1. The van der Waals surface area contributed by atoms with Gasteiger partial charge in [-0.15, -0.1) is 0 Å². The molecule has 1 aromatic carbocycles. The molecule has 2 aliphatic rings. The molecule has 0 radical (unpaired) electrons. The van der Waals surface area contributed by atoms with Gasteiger partial charge in [0.25, 0.3) is 0 Å². The smallest absolute Gasteiger partial charge is 0.121 e. The van der Waals surface area contributed by atoms with E-state index in [0.717, 1.165) is 50.0 Å². The van der Waals surface area contributed by atoms with Crippen molar-refractivity contribution in [2.24, 2.45) is 5.92 Å². The quantitative estimate of drug-likeness (QED) is 0.845. The van der Waals surface area contributed by atoms with E-state index in [0.29, 0.717) is 5.92 Å². The summed E-state index contributed by atoms with van der Waals surface area (Å²) in [6, 6.07) is 6.20. The Balaban J connectivity index is 1.62. The van der Waals surface area contributed by atoms with Crippen molar-refractivity contribution in [3.63, 3.8) is 0 Å². The molecule has 0 spiro atoms. The molecule has 19 heavy (non-hydrogen) atoms. The Kier molecular flexibility index (Phi) is 3.92. The average Bonchev–Trinajstić information content (AvgIpc) is 2.38. The van der Waals surface area contributed by atoms with Crippen molar-refractivity contribution in [2.45, 2.75) is 38.0 Å². The van der Waals surface area contributed by atoms with Crippen LogP contribution in [0.2, 0.25) is 0 Å². The average molecular weight is 261 g/mol. The second kappa shape index (κ2) is 5.83. The van der Waals surface area contributed by atoms with Crippen LogP contribution in [0.5, 0.6) is 5.75 Å². The molecule has 0 aromatic heterocycles. The fourth-order valence-corrected chi connectivity index (χ4v) is 2.90. The molecule has 2 N–H and O–H groups in total. The summed E-state index contributed by atoms with van der Waals surface area (Å²) in [5.41, 5.74) is 8.32. The molecular weight excluding hydrogens is 238 g/mol. The van der Waals surface area contributed by atoms with Crippen molar-refractivity contribution in [1.29, 1.82) is 0 Å². The number of hydrogen-bond acceptors (Lipinski definition) is 3. The van der Waals surface area contributed by atoms with E-state index in [1.165, 1.54) is 24.8 Å². The van der Waals surface area contributed by atoms with Crippen LogP contribution in [0.4, 0.5) is 5.69 Å². The Labute approximate surface area is 115 Å². The zero-order valence-corrected chi connectivity index (χ0v) is 11.4. The van der Waals surface area contributed by atoms with Crippen molar-refractivity contribution in [1.82, 2.24) is 0 Å². The number of rotatable bonds is 4. The third-order valence-electron chi connectivity index (χ3n) is 4.43. The summed E-state index contributed by atoms with van der Waals surface area (Å²) in [4.78, 5) is 0. The zero-order valence-electron chi connectivity index (χ0n) is 11.4. The highest BCUT2D eigenvalue weighted by atomic mass is 16.5. The standard InChI is InChI=1S/C16H23NO2/c17-16-10-14(19-11-12-2-1-3-12)4-5-15(16)13-6-8-18-9-7-13/h4-5,10,12-13H,1-3,6-9,11,17H2. The van der Waals surface area contributed by atoms with Gasteiger partial charge in [0.2, 0.25) is 0 Å². The maximum absolute atomic E-state index is 6.18. The van der Waals surface area contributed by atoms with E-state index in [4.69, 9.17) is 15.2 Å². The summed E-state index contributed by atoms with van der Waals surface area (Å²) < 4.78 is 11.2. The first-order chi connectivity index (χ1) is 9.33. The van der Waals surface area contributed by atoms with Gasteiger partial charge in [-0.2, -0.15) is 0 Å². The van der Waals surface area contributed by atoms with E-state index >= 15 is 0 Å². The fourth-order valence-electron chi connectivity index (χ4n) is 2.90. The second-order valence-corrected chi connectivity index (χ2v) is 5.79. The highest BCUT2D eigenvalue weighted by Crippen LogP contribution is 2.33. The zero-order chi connectivity index (χ0) is 13.1. The Bertz CT molecular complexity index is 423. The SMILES string of the molecule is Nc1cc(OCC2CCC2)ccc1C1CCOCC1. The summed E-state index contributed by atoms with van der Waals surface area (Å²) in [6.45, 7) is 2.55. The molecular formula is C16H23NO2. The van der Waals surface area contributed by atoms with E-state index < -0.39 is 0 Å². The summed E-state index contributed by atoms with van der Waals surface area (Å²) >= 11 is 0. The Morgan fingerprint density at radius 1 is 1.16 bits per heavy atom. The monoisotopic (exact) mass is 261 g/mol. The van der Waals surface area contributed by atoms with Crippen LogP contribution in [0.15, 0.2) is 18.2 Å². The minimum absolute atomic E-state index is 0.550. The van der Waals surface area contributed by atoms with Gasteiger partial charge < -0.3 is 15.2 Å². The van der Waals surface area contributed by atoms with Crippen LogP contribution in [0, 0.1) is 5.92 Å². The van der Waals surface area contributed by atoms with Crippen LogP contribution in [-0.2, 0) is 4.74 Å². The third kappa shape index (κ3) is 3.03. The molecule has 0 amide bonds. The number of anilines is 1. The van der Waals surface area contributed by atoms with Crippen LogP contribution < -0.4 is 10.5 Å². The molecule has 0 unspecified atom stereocenters. The van der Waals surface area contributed by atoms with Gasteiger partial charge in [0, 0.05) is 25.0 Å². The molecule has 2 fully saturated rings. The predicted molar refractivity (Wildman–Crippen MR) is 76.5 cm³/mol. The molecule has 3 rings (SSSR count). The van der Waals surface area contributed by atoms with Gasteiger partial charge in [0.15, 0.2) is 0 Å². The van der Waals surface area contributed by atoms with Crippen molar-refractivity contribution >= 4 is 5.69 Å². The number of benzene rings is 1. The second-order valence-electron chi connectivity index (χ2n) is 5.79. The van der Waals surface area contributed by atoms with E-state index in [1.54, 1.807) is 0 Å². The Morgan fingerprint density at radius 2 is 1.95 bits per heavy atom. The minimum atomic E-state index is 0.550. The lowest BCUT2D eigenvalue weighted by Crippen LogP contribution is -2.19. The van der Waals surface area contributed by atoms with Crippen molar-refractivity contribution in [3.05, 3.63) is 23.8 Å². The van der Waals surface area contributed by atoms with Crippen molar-refractivity contribution in [2.75, 3.05) is 25.6 Å². The number of ether oxygens (including phenoxy) is 2. The van der Waals surface area contributed by atoms with E-state index in [-0.39, 0.29) is 0 Å². The van der Waals surface area contributed by atoms with Gasteiger partial charge in [-0.05, 0) is 49.1 Å². The minimum Gasteiger partial charge on any atom is -0.493 e. The summed E-state index contributed by atoms with van der Waals surface area (Å²) in [6.07, 6.45) is 6.14. The fraction of sp³-hybridized carbons (Fsp3) is 0.625. The molecule has 1 heterocycles. The first-order valence-electron chi connectivity index (χ1n) is 7.43. The summed E-state index contributed by atoms with van der Waals surface area (Å²) in [5, 5.41) is 0. The first kappa shape index (κ1) is 12.8. The van der Waals surface area contributed by atoms with E-state index in [1.807, 2.05) is 6.07 Å². The summed E-state index contributed by atoms with van der Waals surface area (Å²) in [5.74, 6) is 2.23. The van der Waals surface area contributed by atoms with Gasteiger partial charge in [-0.1, -0.05) is 12.5 Å². The molecule has 3 nitrogen and oxygen atoms in total. The topological polar surface area (TPSA) is 44.5 Å². The van der Waals surface area contributed by atoms with Gasteiger partial charge in [-0.3, -0.25) is 0 Å². The van der Waals surface area contributed by atoms with Gasteiger partial charge in [0.1, 0.15) is 5.75 Å². The highest BCUT2D eigenvalue weighted by Gasteiger charge is 2.20. The summed E-state index contributed by atoms with van der Waals surface area (Å²) in [7, 11) is 0. The molecule has 3 heteroatoms. The van der Waals surface area contributed by atoms with Gasteiger partial charge >= 0.3 is 0 Å². The Morgan fingerprint density at radius 3 is 2.58 bits per heavy atom. The lowest BCUT2D eigenvalue weighted by molar-refractivity contribution is 0.0854. The first-order valence-corrected chi connectivity index (χ1v) is 7.43. The molecule has 1 aliphatic heterocycles. The van der Waals surface area contributed by atoms with Crippen molar-refractivity contribution in [3.8, 4) is 5.75 Å². The third-order valence-corrected chi connectivity index (χ3v) is 4.43. The molecule has 0 bridgehead atoms. The number of nitrogen functional groups attached to an aromatic ring is 1. The lowest BCUT2D eigenvalue weighted by atomic mass is 9.86. The highest BCUT2D eigenvalue weighted by molar-refractivity contribution is 5.53.